The van der Waals surface area contributed by atoms with Crippen molar-refractivity contribution in [2.45, 2.75) is 20.3 Å². The number of thiophene rings is 1. The zero-order valence-electron chi connectivity index (χ0n) is 10.4. The summed E-state index contributed by atoms with van der Waals surface area (Å²) in [5.74, 6) is 0.528. The second-order valence-electron chi connectivity index (χ2n) is 3.88. The van der Waals surface area contributed by atoms with Crippen LogP contribution in [0.5, 0.6) is 0 Å². The normalized spacial score (nSPS) is 16.0. The zero-order valence-corrected chi connectivity index (χ0v) is 12.1. The van der Waals surface area contributed by atoms with Crippen molar-refractivity contribution in [1.82, 2.24) is 4.90 Å². The van der Waals surface area contributed by atoms with Crippen molar-refractivity contribution in [3.05, 3.63) is 27.3 Å². The van der Waals surface area contributed by atoms with Gasteiger partial charge in [-0.05, 0) is 23.6 Å². The molecule has 0 radical (unpaired) electrons. The van der Waals surface area contributed by atoms with Crippen molar-refractivity contribution in [2.75, 3.05) is 12.3 Å². The highest BCUT2D eigenvalue weighted by molar-refractivity contribution is 8.04. The molecule has 0 unspecified atom stereocenters. The lowest BCUT2D eigenvalue weighted by Gasteiger charge is -2.12. The van der Waals surface area contributed by atoms with Crippen LogP contribution in [0.15, 0.2) is 22.4 Å². The van der Waals surface area contributed by atoms with E-state index in [4.69, 9.17) is 0 Å². The van der Waals surface area contributed by atoms with Crippen LogP contribution in [0.1, 0.15) is 25.1 Å². The van der Waals surface area contributed by atoms with E-state index in [9.17, 15) is 9.59 Å². The monoisotopic (exact) mass is 281 g/mol. The van der Waals surface area contributed by atoms with Crippen LogP contribution in [0.4, 0.5) is 0 Å². The first-order valence-corrected chi connectivity index (χ1v) is 7.84. The van der Waals surface area contributed by atoms with Crippen molar-refractivity contribution in [3.63, 3.8) is 0 Å². The van der Waals surface area contributed by atoms with Gasteiger partial charge >= 0.3 is 0 Å². The lowest BCUT2D eigenvalue weighted by molar-refractivity contribution is -0.136. The minimum Gasteiger partial charge on any atom is -0.274 e. The third kappa shape index (κ3) is 2.24. The van der Waals surface area contributed by atoms with Gasteiger partial charge in [-0.25, -0.2) is 0 Å². The molecular weight excluding hydrogens is 266 g/mol. The Bertz CT molecular complexity index is 491. The van der Waals surface area contributed by atoms with Crippen molar-refractivity contribution >= 4 is 40.5 Å². The number of imide groups is 1. The Balaban J connectivity index is 2.43. The van der Waals surface area contributed by atoms with Crippen LogP contribution in [0.25, 0.3) is 5.57 Å². The second kappa shape index (κ2) is 5.71. The molecule has 5 heteroatoms. The van der Waals surface area contributed by atoms with Gasteiger partial charge in [0.15, 0.2) is 0 Å². The molecule has 2 rings (SSSR count). The highest BCUT2D eigenvalue weighted by atomic mass is 32.2. The SMILES string of the molecule is CCCN1C(=O)C(SCC)=C(c2cccs2)C1=O. The number of rotatable bonds is 5. The van der Waals surface area contributed by atoms with Gasteiger partial charge in [-0.3, -0.25) is 14.5 Å². The van der Waals surface area contributed by atoms with E-state index in [0.717, 1.165) is 17.1 Å². The molecule has 0 N–H and O–H groups in total. The van der Waals surface area contributed by atoms with Crippen LogP contribution in [0.3, 0.4) is 0 Å². The molecule has 0 aromatic carbocycles. The Kier molecular flexibility index (Phi) is 4.24. The third-order valence-corrected chi connectivity index (χ3v) is 4.47. The van der Waals surface area contributed by atoms with Crippen molar-refractivity contribution in [3.8, 4) is 0 Å². The molecule has 0 fully saturated rings. The molecule has 1 aliphatic heterocycles. The summed E-state index contributed by atoms with van der Waals surface area (Å²) in [7, 11) is 0. The van der Waals surface area contributed by atoms with Crippen molar-refractivity contribution in [1.29, 1.82) is 0 Å². The highest BCUT2D eigenvalue weighted by Crippen LogP contribution is 2.37. The summed E-state index contributed by atoms with van der Waals surface area (Å²) in [5, 5.41) is 1.93. The number of hydrogen-bond donors (Lipinski definition) is 0. The molecule has 0 atom stereocenters. The van der Waals surface area contributed by atoms with Gasteiger partial charge in [-0.1, -0.05) is 19.9 Å². The molecule has 3 nitrogen and oxygen atoms in total. The summed E-state index contributed by atoms with van der Waals surface area (Å²) in [6, 6.07) is 3.80. The van der Waals surface area contributed by atoms with E-state index >= 15 is 0 Å². The summed E-state index contributed by atoms with van der Waals surface area (Å²) in [6.45, 7) is 4.46. The number of thioether (sulfide) groups is 1. The van der Waals surface area contributed by atoms with E-state index in [1.54, 1.807) is 0 Å². The van der Waals surface area contributed by atoms with Gasteiger partial charge < -0.3 is 0 Å². The summed E-state index contributed by atoms with van der Waals surface area (Å²) >= 11 is 2.97. The average molecular weight is 281 g/mol. The Morgan fingerprint density at radius 1 is 1.28 bits per heavy atom. The molecular formula is C13H15NO2S2. The molecule has 96 valence electrons. The summed E-state index contributed by atoms with van der Waals surface area (Å²) in [6.07, 6.45) is 0.791. The van der Waals surface area contributed by atoms with Gasteiger partial charge in [-0.2, -0.15) is 0 Å². The molecule has 1 aliphatic rings. The van der Waals surface area contributed by atoms with Crippen molar-refractivity contribution < 1.29 is 9.59 Å². The zero-order chi connectivity index (χ0) is 13.1. The van der Waals surface area contributed by atoms with Crippen molar-refractivity contribution in [2.24, 2.45) is 0 Å². The quantitative estimate of drug-likeness (QED) is 0.779. The van der Waals surface area contributed by atoms with E-state index in [1.807, 2.05) is 31.4 Å². The van der Waals surface area contributed by atoms with Gasteiger partial charge in [0, 0.05) is 11.4 Å². The molecule has 2 heterocycles. The van der Waals surface area contributed by atoms with Gasteiger partial charge in [-0.15, -0.1) is 23.1 Å². The maximum absolute atomic E-state index is 12.3. The lowest BCUT2D eigenvalue weighted by atomic mass is 10.2. The maximum atomic E-state index is 12.3. The number of nitrogens with zero attached hydrogens (tertiary/aromatic N) is 1. The lowest BCUT2D eigenvalue weighted by Crippen LogP contribution is -2.32. The highest BCUT2D eigenvalue weighted by Gasteiger charge is 2.38. The molecule has 0 spiro atoms. The van der Waals surface area contributed by atoms with E-state index in [2.05, 4.69) is 0 Å². The minimum atomic E-state index is -0.139. The predicted octanol–water partition coefficient (Wildman–Crippen LogP) is 2.99. The average Bonchev–Trinajstić information content (AvgIpc) is 2.94. The standard InChI is InChI=1S/C13H15NO2S2/c1-3-7-14-12(15)10(9-6-5-8-18-9)11(13(14)16)17-4-2/h5-6,8H,3-4,7H2,1-2H3. The van der Waals surface area contributed by atoms with E-state index in [-0.39, 0.29) is 11.8 Å². The summed E-state index contributed by atoms with van der Waals surface area (Å²) < 4.78 is 0. The fourth-order valence-corrected chi connectivity index (χ4v) is 3.59. The van der Waals surface area contributed by atoms with Crippen LogP contribution >= 0.6 is 23.1 Å². The predicted molar refractivity (Wildman–Crippen MR) is 76.4 cm³/mol. The van der Waals surface area contributed by atoms with Crippen LogP contribution < -0.4 is 0 Å². The molecule has 1 aromatic heterocycles. The van der Waals surface area contributed by atoms with Gasteiger partial charge in [0.25, 0.3) is 11.8 Å². The Labute approximate surface area is 115 Å². The minimum absolute atomic E-state index is 0.128. The van der Waals surface area contributed by atoms with Crippen LogP contribution in [-0.2, 0) is 9.59 Å². The Morgan fingerprint density at radius 3 is 2.61 bits per heavy atom. The Morgan fingerprint density at radius 2 is 2.06 bits per heavy atom. The van der Waals surface area contributed by atoms with Crippen LogP contribution in [-0.4, -0.2) is 29.0 Å². The van der Waals surface area contributed by atoms with Crippen LogP contribution in [0, 0.1) is 0 Å². The smallest absolute Gasteiger partial charge is 0.268 e. The summed E-state index contributed by atoms with van der Waals surface area (Å²) in [4.78, 5) is 27.4. The fourth-order valence-electron chi connectivity index (χ4n) is 1.90. The van der Waals surface area contributed by atoms with E-state index in [1.165, 1.54) is 28.0 Å². The largest absolute Gasteiger partial charge is 0.274 e. The number of amides is 2. The van der Waals surface area contributed by atoms with Gasteiger partial charge in [0.1, 0.15) is 0 Å². The molecule has 0 saturated heterocycles. The van der Waals surface area contributed by atoms with Crippen LogP contribution in [0.2, 0.25) is 0 Å². The number of carbonyl (C=O) groups is 2. The first-order valence-electron chi connectivity index (χ1n) is 5.97. The first-order chi connectivity index (χ1) is 8.70. The molecule has 1 aromatic rings. The van der Waals surface area contributed by atoms with Gasteiger partial charge in [0.2, 0.25) is 0 Å². The van der Waals surface area contributed by atoms with E-state index < -0.39 is 0 Å². The second-order valence-corrected chi connectivity index (χ2v) is 6.10. The number of hydrogen-bond acceptors (Lipinski definition) is 4. The fraction of sp³-hybridized carbons (Fsp3) is 0.385. The molecule has 0 bridgehead atoms. The molecule has 0 saturated carbocycles. The number of carbonyl (C=O) groups excluding carboxylic acids is 2. The third-order valence-electron chi connectivity index (χ3n) is 2.63. The maximum Gasteiger partial charge on any atom is 0.268 e. The molecule has 18 heavy (non-hydrogen) atoms. The Hall–Kier alpha value is -1.07. The topological polar surface area (TPSA) is 37.4 Å². The first kappa shape index (κ1) is 13.4. The molecule has 0 aliphatic carbocycles. The van der Waals surface area contributed by atoms with Gasteiger partial charge in [0.05, 0.1) is 10.5 Å². The van der Waals surface area contributed by atoms with E-state index in [0.29, 0.717) is 17.0 Å². The summed E-state index contributed by atoms with van der Waals surface area (Å²) in [5.41, 5.74) is 0.593. The molecule has 2 amide bonds.